The van der Waals surface area contributed by atoms with Crippen molar-refractivity contribution in [3.8, 4) is 11.5 Å². The highest BCUT2D eigenvalue weighted by Crippen LogP contribution is 2.52. The van der Waals surface area contributed by atoms with E-state index in [0.717, 1.165) is 30.4 Å². The Labute approximate surface area is 173 Å². The zero-order valence-electron chi connectivity index (χ0n) is 14.5. The number of benzene rings is 2. The third-order valence-corrected chi connectivity index (χ3v) is 6.96. The third kappa shape index (κ3) is 3.38. The standard InChI is InChI=1S/C20H20Cl4O2/c1-10-3-4-20(9-11(10)2,12-5-14(21)18(25)15(22)6-12)13-7-16(23)19(26)17(24)8-13/h5-8,10-11,25-26H,3-4,9H2,1-2H3. The van der Waals surface area contributed by atoms with Crippen LogP contribution in [0.5, 0.6) is 11.5 Å². The lowest BCUT2D eigenvalue weighted by molar-refractivity contribution is 0.201. The molecule has 0 spiro atoms. The normalized spacial score (nSPS) is 22.4. The molecule has 0 aliphatic heterocycles. The molecule has 0 saturated heterocycles. The monoisotopic (exact) mass is 432 g/mol. The van der Waals surface area contributed by atoms with Crippen LogP contribution in [0.15, 0.2) is 24.3 Å². The molecule has 140 valence electrons. The fraction of sp³-hybridized carbons (Fsp3) is 0.400. The molecule has 2 aromatic rings. The molecule has 0 aromatic heterocycles. The Morgan fingerprint density at radius 2 is 1.15 bits per heavy atom. The van der Waals surface area contributed by atoms with Crippen LogP contribution in [0.3, 0.4) is 0 Å². The number of phenols is 2. The molecule has 2 aromatic carbocycles. The maximum atomic E-state index is 9.96. The summed E-state index contributed by atoms with van der Waals surface area (Å²) in [5, 5.41) is 20.8. The van der Waals surface area contributed by atoms with Gasteiger partial charge in [0.2, 0.25) is 0 Å². The van der Waals surface area contributed by atoms with Gasteiger partial charge in [-0.1, -0.05) is 60.3 Å². The first kappa shape index (κ1) is 19.9. The average molecular weight is 434 g/mol. The molecule has 0 bridgehead atoms. The first-order valence-corrected chi connectivity index (χ1v) is 10.0. The maximum absolute atomic E-state index is 9.96. The summed E-state index contributed by atoms with van der Waals surface area (Å²) in [4.78, 5) is 0. The van der Waals surface area contributed by atoms with Gasteiger partial charge in [-0.05, 0) is 66.5 Å². The van der Waals surface area contributed by atoms with Gasteiger partial charge in [0.05, 0.1) is 20.1 Å². The van der Waals surface area contributed by atoms with Crippen LogP contribution in [-0.2, 0) is 5.41 Å². The van der Waals surface area contributed by atoms with Crippen LogP contribution >= 0.6 is 46.4 Å². The van der Waals surface area contributed by atoms with Gasteiger partial charge in [-0.3, -0.25) is 0 Å². The van der Waals surface area contributed by atoms with Gasteiger partial charge < -0.3 is 10.2 Å². The molecule has 26 heavy (non-hydrogen) atoms. The summed E-state index contributed by atoms with van der Waals surface area (Å²) in [6.45, 7) is 4.48. The van der Waals surface area contributed by atoms with Crippen LogP contribution < -0.4 is 0 Å². The molecule has 2 atom stereocenters. The lowest BCUT2D eigenvalue weighted by Crippen LogP contribution is -2.36. The smallest absolute Gasteiger partial charge is 0.152 e. The minimum Gasteiger partial charge on any atom is -0.505 e. The zero-order valence-corrected chi connectivity index (χ0v) is 17.5. The van der Waals surface area contributed by atoms with Gasteiger partial charge in [-0.2, -0.15) is 0 Å². The number of hydrogen-bond donors (Lipinski definition) is 2. The van der Waals surface area contributed by atoms with E-state index in [-0.39, 0.29) is 31.6 Å². The average Bonchev–Trinajstić information content (AvgIpc) is 2.59. The Balaban J connectivity index is 2.25. The van der Waals surface area contributed by atoms with Crippen molar-refractivity contribution in [2.45, 2.75) is 38.5 Å². The summed E-state index contributed by atoms with van der Waals surface area (Å²) in [6, 6.07) is 7.06. The Kier molecular flexibility index (Phi) is 5.61. The van der Waals surface area contributed by atoms with Crippen molar-refractivity contribution in [3.05, 3.63) is 55.5 Å². The number of phenolic OH excluding ortho intramolecular Hbond substituents is 2. The van der Waals surface area contributed by atoms with E-state index in [2.05, 4.69) is 13.8 Å². The number of aromatic hydroxyl groups is 2. The Morgan fingerprint density at radius 3 is 1.50 bits per heavy atom. The molecule has 1 saturated carbocycles. The van der Waals surface area contributed by atoms with Gasteiger partial charge in [0, 0.05) is 5.41 Å². The van der Waals surface area contributed by atoms with Crippen molar-refractivity contribution in [3.63, 3.8) is 0 Å². The van der Waals surface area contributed by atoms with Crippen LogP contribution in [0.4, 0.5) is 0 Å². The summed E-state index contributed by atoms with van der Waals surface area (Å²) in [7, 11) is 0. The molecule has 2 nitrogen and oxygen atoms in total. The first-order valence-electron chi connectivity index (χ1n) is 8.52. The highest BCUT2D eigenvalue weighted by molar-refractivity contribution is 6.37. The molecule has 2 N–H and O–H groups in total. The van der Waals surface area contributed by atoms with Crippen LogP contribution in [0.25, 0.3) is 0 Å². The lowest BCUT2D eigenvalue weighted by Gasteiger charge is -2.44. The molecule has 6 heteroatoms. The predicted molar refractivity (Wildman–Crippen MR) is 109 cm³/mol. The van der Waals surface area contributed by atoms with E-state index in [1.165, 1.54) is 0 Å². The van der Waals surface area contributed by atoms with Gasteiger partial charge in [0.1, 0.15) is 0 Å². The number of halogens is 4. The number of rotatable bonds is 2. The molecule has 0 amide bonds. The molecule has 2 unspecified atom stereocenters. The Hall–Kier alpha value is -0.800. The van der Waals surface area contributed by atoms with E-state index in [9.17, 15) is 10.2 Å². The van der Waals surface area contributed by atoms with Gasteiger partial charge in [0.25, 0.3) is 0 Å². The molecular weight excluding hydrogens is 414 g/mol. The minimum atomic E-state index is -0.395. The highest BCUT2D eigenvalue weighted by Gasteiger charge is 2.41. The number of hydrogen-bond acceptors (Lipinski definition) is 2. The first-order chi connectivity index (χ1) is 12.2. The Bertz CT molecular complexity index is 746. The third-order valence-electron chi connectivity index (χ3n) is 5.81. The van der Waals surface area contributed by atoms with Crippen LogP contribution in [0.1, 0.15) is 44.2 Å². The molecule has 0 radical (unpaired) electrons. The van der Waals surface area contributed by atoms with Gasteiger partial charge in [-0.25, -0.2) is 0 Å². The molecule has 3 rings (SSSR count). The van der Waals surface area contributed by atoms with Crippen molar-refractivity contribution in [1.82, 2.24) is 0 Å². The van der Waals surface area contributed by atoms with Crippen molar-refractivity contribution < 1.29 is 10.2 Å². The van der Waals surface area contributed by atoms with E-state index in [0.29, 0.717) is 11.8 Å². The van der Waals surface area contributed by atoms with E-state index < -0.39 is 5.41 Å². The molecule has 1 aliphatic rings. The van der Waals surface area contributed by atoms with E-state index in [4.69, 9.17) is 46.4 Å². The van der Waals surface area contributed by atoms with Crippen molar-refractivity contribution in [1.29, 1.82) is 0 Å². The fourth-order valence-corrected chi connectivity index (χ4v) is 4.96. The van der Waals surface area contributed by atoms with E-state index in [1.807, 2.05) is 0 Å². The predicted octanol–water partition coefficient (Wildman–Crippen LogP) is 7.45. The Morgan fingerprint density at radius 1 is 0.769 bits per heavy atom. The van der Waals surface area contributed by atoms with Crippen molar-refractivity contribution in [2.75, 3.05) is 0 Å². The van der Waals surface area contributed by atoms with Gasteiger partial charge in [-0.15, -0.1) is 0 Å². The molecule has 1 aliphatic carbocycles. The SMILES string of the molecule is CC1CCC(c2cc(Cl)c(O)c(Cl)c2)(c2cc(Cl)c(O)c(Cl)c2)CC1C. The summed E-state index contributed by atoms with van der Waals surface area (Å²) in [5.74, 6) is 0.813. The zero-order chi connectivity index (χ0) is 19.2. The van der Waals surface area contributed by atoms with E-state index >= 15 is 0 Å². The van der Waals surface area contributed by atoms with E-state index in [1.54, 1.807) is 24.3 Å². The highest BCUT2D eigenvalue weighted by atomic mass is 35.5. The topological polar surface area (TPSA) is 40.5 Å². The minimum absolute atomic E-state index is 0.119. The molecule has 1 fully saturated rings. The second-order valence-corrected chi connectivity index (χ2v) is 8.99. The second-order valence-electron chi connectivity index (χ2n) is 7.36. The quantitative estimate of drug-likeness (QED) is 0.515. The molecular formula is C20H20Cl4O2. The maximum Gasteiger partial charge on any atom is 0.152 e. The van der Waals surface area contributed by atoms with Crippen molar-refractivity contribution in [2.24, 2.45) is 11.8 Å². The fourth-order valence-electron chi connectivity index (χ4n) is 3.99. The lowest BCUT2D eigenvalue weighted by atomic mass is 9.60. The summed E-state index contributed by atoms with van der Waals surface area (Å²) >= 11 is 24.9. The summed E-state index contributed by atoms with van der Waals surface area (Å²) in [6.07, 6.45) is 2.75. The van der Waals surface area contributed by atoms with Crippen molar-refractivity contribution >= 4 is 46.4 Å². The largest absolute Gasteiger partial charge is 0.505 e. The van der Waals surface area contributed by atoms with Crippen LogP contribution in [0, 0.1) is 11.8 Å². The van der Waals surface area contributed by atoms with Gasteiger partial charge in [0.15, 0.2) is 11.5 Å². The molecule has 0 heterocycles. The van der Waals surface area contributed by atoms with Crippen LogP contribution in [-0.4, -0.2) is 10.2 Å². The second kappa shape index (κ2) is 7.31. The van der Waals surface area contributed by atoms with Crippen LogP contribution in [0.2, 0.25) is 20.1 Å². The summed E-state index contributed by atoms with van der Waals surface area (Å²) < 4.78 is 0. The van der Waals surface area contributed by atoms with Gasteiger partial charge >= 0.3 is 0 Å². The summed E-state index contributed by atoms with van der Waals surface area (Å²) in [5.41, 5.74) is 1.44.